The molecule has 4 aromatic rings. The Hall–Kier alpha value is -3.53. The van der Waals surface area contributed by atoms with Gasteiger partial charge >= 0.3 is 0 Å². The van der Waals surface area contributed by atoms with Gasteiger partial charge in [0.15, 0.2) is 0 Å². The quantitative estimate of drug-likeness (QED) is 0.355. The van der Waals surface area contributed by atoms with Gasteiger partial charge in [-0.2, -0.15) is 0 Å². The second kappa shape index (κ2) is 11.1. The molecule has 5 rings (SSSR count). The molecule has 1 fully saturated rings. The average molecular weight is 553 g/mol. The molecule has 0 unspecified atom stereocenters. The van der Waals surface area contributed by atoms with Gasteiger partial charge in [-0.15, -0.1) is 0 Å². The number of carbonyl (C=O) groups is 1. The summed E-state index contributed by atoms with van der Waals surface area (Å²) in [6, 6.07) is 19.8. The van der Waals surface area contributed by atoms with Crippen molar-refractivity contribution in [2.24, 2.45) is 0 Å². The molecule has 1 N–H and O–H groups in total. The number of para-hydroxylation sites is 1. The molecule has 1 saturated heterocycles. The zero-order chi connectivity index (χ0) is 26.7. The standard InChI is InChI=1S/C28H26ClFN4O3S/c29-24-19-20(6-11-25(24)30)12-14-33-15-17-34(18-16-33)28(35)22-7-9-23(10-8-22)32-38(36,37)26-5-1-3-21-4-2-13-31-27(21)26/h1-11,13,19,32H,12,14-18H2. The highest BCUT2D eigenvalue weighted by molar-refractivity contribution is 7.93. The molecule has 2 heterocycles. The van der Waals surface area contributed by atoms with E-state index in [4.69, 9.17) is 11.6 Å². The Morgan fingerprint density at radius 3 is 2.45 bits per heavy atom. The van der Waals surface area contributed by atoms with E-state index in [9.17, 15) is 17.6 Å². The number of nitrogens with zero attached hydrogens (tertiary/aromatic N) is 3. The number of fused-ring (bicyclic) bond motifs is 1. The number of halogens is 2. The molecule has 0 radical (unpaired) electrons. The third-order valence-corrected chi connectivity index (χ3v) is 8.33. The van der Waals surface area contributed by atoms with Gasteiger partial charge in [0.1, 0.15) is 10.7 Å². The van der Waals surface area contributed by atoms with Crippen molar-refractivity contribution in [1.82, 2.24) is 14.8 Å². The SMILES string of the molecule is O=C(c1ccc(NS(=O)(=O)c2cccc3cccnc23)cc1)N1CCN(CCc2ccc(F)c(Cl)c2)CC1. The molecule has 1 aliphatic rings. The summed E-state index contributed by atoms with van der Waals surface area (Å²) in [5.41, 5.74) is 2.23. The Morgan fingerprint density at radius 1 is 0.974 bits per heavy atom. The highest BCUT2D eigenvalue weighted by Crippen LogP contribution is 2.24. The van der Waals surface area contributed by atoms with Crippen LogP contribution in [0.3, 0.4) is 0 Å². The van der Waals surface area contributed by atoms with E-state index in [1.807, 2.05) is 12.1 Å². The number of nitrogens with one attached hydrogen (secondary N) is 1. The van der Waals surface area contributed by atoms with Crippen LogP contribution < -0.4 is 4.72 Å². The van der Waals surface area contributed by atoms with Crippen LogP contribution >= 0.6 is 11.6 Å². The first-order valence-electron chi connectivity index (χ1n) is 12.2. The van der Waals surface area contributed by atoms with Crippen molar-refractivity contribution in [2.75, 3.05) is 37.4 Å². The van der Waals surface area contributed by atoms with Crippen LogP contribution in [0.15, 0.2) is 83.9 Å². The summed E-state index contributed by atoms with van der Waals surface area (Å²) in [6.07, 6.45) is 2.31. The fraction of sp³-hybridized carbons (Fsp3) is 0.214. The van der Waals surface area contributed by atoms with E-state index in [-0.39, 0.29) is 15.8 Å². The second-order valence-electron chi connectivity index (χ2n) is 9.15. The number of amides is 1. The van der Waals surface area contributed by atoms with Crippen LogP contribution in [-0.4, -0.2) is 61.8 Å². The number of aromatic nitrogens is 1. The second-order valence-corrected chi connectivity index (χ2v) is 11.2. The smallest absolute Gasteiger partial charge is 0.264 e. The van der Waals surface area contributed by atoms with Crippen LogP contribution in [0.25, 0.3) is 10.9 Å². The van der Waals surface area contributed by atoms with Crippen molar-refractivity contribution in [3.05, 3.63) is 101 Å². The van der Waals surface area contributed by atoms with E-state index < -0.39 is 15.8 Å². The maximum atomic E-state index is 13.4. The number of sulfonamides is 1. The largest absolute Gasteiger partial charge is 0.336 e. The predicted octanol–water partition coefficient (Wildman–Crippen LogP) is 4.83. The molecule has 1 amide bonds. The van der Waals surface area contributed by atoms with E-state index in [2.05, 4.69) is 14.6 Å². The third-order valence-electron chi connectivity index (χ3n) is 6.63. The molecule has 0 atom stereocenters. The van der Waals surface area contributed by atoms with Crippen LogP contribution in [0, 0.1) is 5.82 Å². The van der Waals surface area contributed by atoms with Crippen molar-refractivity contribution in [1.29, 1.82) is 0 Å². The first-order valence-corrected chi connectivity index (χ1v) is 14.1. The monoisotopic (exact) mass is 552 g/mol. The highest BCUT2D eigenvalue weighted by atomic mass is 35.5. The van der Waals surface area contributed by atoms with Crippen LogP contribution in [-0.2, 0) is 16.4 Å². The zero-order valence-corrected chi connectivity index (χ0v) is 22.1. The summed E-state index contributed by atoms with van der Waals surface area (Å²) in [5.74, 6) is -0.516. The predicted molar refractivity (Wildman–Crippen MR) is 146 cm³/mol. The van der Waals surface area contributed by atoms with Crippen molar-refractivity contribution in [2.45, 2.75) is 11.3 Å². The fourth-order valence-electron chi connectivity index (χ4n) is 4.52. The Kier molecular flexibility index (Phi) is 7.60. The molecule has 7 nitrogen and oxygen atoms in total. The van der Waals surface area contributed by atoms with Gasteiger partial charge in [0, 0.05) is 55.6 Å². The van der Waals surface area contributed by atoms with E-state index in [0.29, 0.717) is 29.9 Å². The van der Waals surface area contributed by atoms with Crippen molar-refractivity contribution < 1.29 is 17.6 Å². The van der Waals surface area contributed by atoms with Crippen molar-refractivity contribution in [3.8, 4) is 0 Å². The third kappa shape index (κ3) is 5.80. The minimum atomic E-state index is -3.87. The van der Waals surface area contributed by atoms with Crippen molar-refractivity contribution >= 4 is 44.1 Å². The molecule has 0 aliphatic carbocycles. The molecule has 10 heteroatoms. The summed E-state index contributed by atoms with van der Waals surface area (Å²) in [5, 5.41) is 0.860. The first-order chi connectivity index (χ1) is 18.3. The lowest BCUT2D eigenvalue weighted by Gasteiger charge is -2.34. The molecular formula is C28H26ClFN4O3S. The minimum absolute atomic E-state index is 0.0937. The number of hydrogen-bond donors (Lipinski definition) is 1. The molecular weight excluding hydrogens is 527 g/mol. The van der Waals surface area contributed by atoms with Gasteiger partial charge in [-0.3, -0.25) is 19.4 Å². The number of rotatable bonds is 7. The summed E-state index contributed by atoms with van der Waals surface area (Å²) in [4.78, 5) is 21.4. The molecule has 0 saturated carbocycles. The lowest BCUT2D eigenvalue weighted by atomic mass is 10.1. The maximum Gasteiger partial charge on any atom is 0.264 e. The van der Waals surface area contributed by atoms with E-state index in [1.165, 1.54) is 12.1 Å². The normalized spacial score (nSPS) is 14.5. The van der Waals surface area contributed by atoms with E-state index in [1.54, 1.807) is 59.6 Å². The average Bonchev–Trinajstić information content (AvgIpc) is 2.93. The lowest BCUT2D eigenvalue weighted by Crippen LogP contribution is -2.49. The summed E-state index contributed by atoms with van der Waals surface area (Å²) in [7, 11) is -3.87. The number of benzene rings is 3. The molecule has 3 aromatic carbocycles. The van der Waals surface area contributed by atoms with Crippen LogP contribution in [0.1, 0.15) is 15.9 Å². The summed E-state index contributed by atoms with van der Waals surface area (Å²) in [6.45, 7) is 3.44. The molecule has 0 bridgehead atoms. The molecule has 0 spiro atoms. The van der Waals surface area contributed by atoms with E-state index >= 15 is 0 Å². The molecule has 1 aromatic heterocycles. The Bertz CT molecular complexity index is 1570. The number of hydrogen-bond acceptors (Lipinski definition) is 5. The van der Waals surface area contributed by atoms with Gasteiger partial charge in [0.05, 0.1) is 10.5 Å². The van der Waals surface area contributed by atoms with Crippen LogP contribution in [0.5, 0.6) is 0 Å². The lowest BCUT2D eigenvalue weighted by molar-refractivity contribution is 0.0638. The van der Waals surface area contributed by atoms with Crippen LogP contribution in [0.4, 0.5) is 10.1 Å². The number of pyridine rings is 1. The highest BCUT2D eigenvalue weighted by Gasteiger charge is 2.23. The van der Waals surface area contributed by atoms with Gasteiger partial charge in [0.2, 0.25) is 0 Å². The molecule has 1 aliphatic heterocycles. The topological polar surface area (TPSA) is 82.6 Å². The van der Waals surface area contributed by atoms with Gasteiger partial charge in [-0.05, 0) is 60.5 Å². The number of carbonyl (C=O) groups excluding carboxylic acids is 1. The van der Waals surface area contributed by atoms with Gasteiger partial charge in [-0.1, -0.05) is 35.9 Å². The number of piperazine rings is 1. The molecule has 196 valence electrons. The summed E-state index contributed by atoms with van der Waals surface area (Å²) >= 11 is 5.87. The van der Waals surface area contributed by atoms with Gasteiger partial charge in [-0.25, -0.2) is 12.8 Å². The Balaban J connectivity index is 1.17. The Labute approximate surface area is 225 Å². The minimum Gasteiger partial charge on any atom is -0.336 e. The number of anilines is 1. The van der Waals surface area contributed by atoms with Crippen molar-refractivity contribution in [3.63, 3.8) is 0 Å². The zero-order valence-electron chi connectivity index (χ0n) is 20.5. The summed E-state index contributed by atoms with van der Waals surface area (Å²) < 4.78 is 42.0. The maximum absolute atomic E-state index is 13.4. The van der Waals surface area contributed by atoms with E-state index in [0.717, 1.165) is 37.0 Å². The fourth-order valence-corrected chi connectivity index (χ4v) is 5.97. The van der Waals surface area contributed by atoms with Gasteiger partial charge < -0.3 is 4.90 Å². The Morgan fingerprint density at radius 2 is 1.71 bits per heavy atom. The molecule has 38 heavy (non-hydrogen) atoms. The van der Waals surface area contributed by atoms with Crippen LogP contribution in [0.2, 0.25) is 5.02 Å². The first kappa shape index (κ1) is 26.1. The van der Waals surface area contributed by atoms with Gasteiger partial charge in [0.25, 0.3) is 15.9 Å².